The average molecular weight is 376 g/mol. The molecular formula is C17H22BrN5. The standard InChI is InChI=1S/C17H22BrN5/c1-11(2)17-21-15(19)9-16(22-17)23-8-7-20-14(10-23)12-5-3-4-6-13(12)18/h3-6,9,11,14,20H,7-8,10H2,1-2H3,(H2,19,21,22)/t14-/m1/s1. The van der Waals surface area contributed by atoms with Crippen molar-refractivity contribution in [3.8, 4) is 0 Å². The number of nitrogens with two attached hydrogens (primary N) is 1. The van der Waals surface area contributed by atoms with E-state index in [4.69, 9.17) is 10.7 Å². The fourth-order valence-electron chi connectivity index (χ4n) is 2.82. The van der Waals surface area contributed by atoms with Crippen molar-refractivity contribution < 1.29 is 0 Å². The fraction of sp³-hybridized carbons (Fsp3) is 0.412. The molecule has 1 saturated heterocycles. The zero-order valence-electron chi connectivity index (χ0n) is 13.5. The molecule has 0 amide bonds. The second kappa shape index (κ2) is 6.84. The van der Waals surface area contributed by atoms with Gasteiger partial charge in [0.15, 0.2) is 0 Å². The number of nitrogen functional groups attached to an aromatic ring is 1. The molecule has 122 valence electrons. The minimum absolute atomic E-state index is 0.262. The molecule has 1 aromatic carbocycles. The third-order valence-electron chi connectivity index (χ3n) is 4.05. The lowest BCUT2D eigenvalue weighted by molar-refractivity contribution is 0.467. The Morgan fingerprint density at radius 1 is 1.30 bits per heavy atom. The van der Waals surface area contributed by atoms with Crippen LogP contribution in [-0.2, 0) is 0 Å². The van der Waals surface area contributed by atoms with E-state index in [9.17, 15) is 0 Å². The van der Waals surface area contributed by atoms with Crippen LogP contribution in [0.3, 0.4) is 0 Å². The number of nitrogens with zero attached hydrogens (tertiary/aromatic N) is 3. The molecule has 3 rings (SSSR count). The molecular weight excluding hydrogens is 354 g/mol. The molecule has 2 heterocycles. The summed E-state index contributed by atoms with van der Waals surface area (Å²) >= 11 is 3.65. The number of hydrogen-bond acceptors (Lipinski definition) is 5. The Morgan fingerprint density at radius 2 is 2.09 bits per heavy atom. The lowest BCUT2D eigenvalue weighted by atomic mass is 10.0. The Labute approximate surface area is 145 Å². The zero-order chi connectivity index (χ0) is 16.4. The molecule has 0 saturated carbocycles. The SMILES string of the molecule is CC(C)c1nc(N)cc(N2CCN[C@@H](c3ccccc3Br)C2)n1. The largest absolute Gasteiger partial charge is 0.384 e. The first-order valence-electron chi connectivity index (χ1n) is 7.92. The minimum Gasteiger partial charge on any atom is -0.384 e. The number of anilines is 2. The van der Waals surface area contributed by atoms with Crippen molar-refractivity contribution in [3.63, 3.8) is 0 Å². The van der Waals surface area contributed by atoms with Crippen LogP contribution < -0.4 is 16.0 Å². The van der Waals surface area contributed by atoms with E-state index in [1.807, 2.05) is 12.1 Å². The number of benzene rings is 1. The van der Waals surface area contributed by atoms with Crippen LogP contribution in [-0.4, -0.2) is 29.6 Å². The summed E-state index contributed by atoms with van der Waals surface area (Å²) in [4.78, 5) is 11.3. The van der Waals surface area contributed by atoms with Gasteiger partial charge in [-0.3, -0.25) is 0 Å². The van der Waals surface area contributed by atoms with E-state index in [0.717, 1.165) is 35.7 Å². The Kier molecular flexibility index (Phi) is 4.82. The van der Waals surface area contributed by atoms with Crippen molar-refractivity contribution in [3.05, 3.63) is 46.2 Å². The molecule has 1 aromatic heterocycles. The van der Waals surface area contributed by atoms with E-state index in [1.165, 1.54) is 5.56 Å². The van der Waals surface area contributed by atoms with Crippen LogP contribution in [0.5, 0.6) is 0 Å². The molecule has 3 N–H and O–H groups in total. The van der Waals surface area contributed by atoms with Crippen LogP contribution in [0, 0.1) is 0 Å². The lowest BCUT2D eigenvalue weighted by Crippen LogP contribution is -2.46. The molecule has 1 fully saturated rings. The maximum Gasteiger partial charge on any atom is 0.135 e. The number of rotatable bonds is 3. The van der Waals surface area contributed by atoms with Crippen LogP contribution in [0.15, 0.2) is 34.8 Å². The van der Waals surface area contributed by atoms with Crippen molar-refractivity contribution >= 4 is 27.6 Å². The van der Waals surface area contributed by atoms with Gasteiger partial charge in [0.2, 0.25) is 0 Å². The smallest absolute Gasteiger partial charge is 0.135 e. The summed E-state index contributed by atoms with van der Waals surface area (Å²) in [6.45, 7) is 6.85. The first-order valence-corrected chi connectivity index (χ1v) is 8.71. The van der Waals surface area contributed by atoms with E-state index < -0.39 is 0 Å². The normalized spacial score (nSPS) is 18.4. The molecule has 0 radical (unpaired) electrons. The second-order valence-electron chi connectivity index (χ2n) is 6.14. The first-order chi connectivity index (χ1) is 11.0. The number of hydrogen-bond donors (Lipinski definition) is 2. The van der Waals surface area contributed by atoms with Crippen LogP contribution >= 0.6 is 15.9 Å². The number of nitrogens with one attached hydrogen (secondary N) is 1. The molecule has 0 spiro atoms. The van der Waals surface area contributed by atoms with E-state index in [1.54, 1.807) is 0 Å². The third kappa shape index (κ3) is 3.64. The molecule has 1 aliphatic heterocycles. The van der Waals surface area contributed by atoms with E-state index in [0.29, 0.717) is 5.82 Å². The van der Waals surface area contributed by atoms with Gasteiger partial charge < -0.3 is 16.0 Å². The van der Waals surface area contributed by atoms with Crippen molar-refractivity contribution in [1.82, 2.24) is 15.3 Å². The molecule has 2 aromatic rings. The highest BCUT2D eigenvalue weighted by molar-refractivity contribution is 9.10. The second-order valence-corrected chi connectivity index (χ2v) is 6.99. The molecule has 1 aliphatic rings. The van der Waals surface area contributed by atoms with Gasteiger partial charge in [0.1, 0.15) is 17.5 Å². The summed E-state index contributed by atoms with van der Waals surface area (Å²) in [6, 6.07) is 10.5. The number of aromatic nitrogens is 2. The third-order valence-corrected chi connectivity index (χ3v) is 4.77. The first kappa shape index (κ1) is 16.2. The molecule has 0 bridgehead atoms. The van der Waals surface area contributed by atoms with Gasteiger partial charge >= 0.3 is 0 Å². The maximum atomic E-state index is 5.97. The summed E-state index contributed by atoms with van der Waals surface area (Å²) in [6.07, 6.45) is 0. The van der Waals surface area contributed by atoms with Crippen LogP contribution in [0.4, 0.5) is 11.6 Å². The van der Waals surface area contributed by atoms with E-state index in [2.05, 4.69) is 63.2 Å². The predicted octanol–water partition coefficient (Wildman–Crippen LogP) is 3.10. The maximum absolute atomic E-state index is 5.97. The predicted molar refractivity (Wildman–Crippen MR) is 97.6 cm³/mol. The number of piperazine rings is 1. The minimum atomic E-state index is 0.262. The molecule has 6 heteroatoms. The zero-order valence-corrected chi connectivity index (χ0v) is 15.0. The molecule has 5 nitrogen and oxygen atoms in total. The number of halogens is 1. The van der Waals surface area contributed by atoms with Crippen LogP contribution in [0.2, 0.25) is 0 Å². The summed E-state index contributed by atoms with van der Waals surface area (Å²) in [5.41, 5.74) is 7.24. The highest BCUT2D eigenvalue weighted by Crippen LogP contribution is 2.27. The van der Waals surface area contributed by atoms with Crippen LogP contribution in [0.1, 0.15) is 37.2 Å². The summed E-state index contributed by atoms with van der Waals surface area (Å²) in [7, 11) is 0. The van der Waals surface area contributed by atoms with Gasteiger partial charge in [0.25, 0.3) is 0 Å². The average Bonchev–Trinajstić information content (AvgIpc) is 2.55. The summed E-state index contributed by atoms with van der Waals surface area (Å²) < 4.78 is 1.13. The van der Waals surface area contributed by atoms with Gasteiger partial charge in [-0.15, -0.1) is 0 Å². The van der Waals surface area contributed by atoms with Crippen molar-refractivity contribution in [2.24, 2.45) is 0 Å². The van der Waals surface area contributed by atoms with Gasteiger partial charge in [-0.2, -0.15) is 0 Å². The van der Waals surface area contributed by atoms with E-state index in [-0.39, 0.29) is 12.0 Å². The molecule has 1 atom stereocenters. The Hall–Kier alpha value is -1.66. The molecule has 0 aliphatic carbocycles. The van der Waals surface area contributed by atoms with Crippen molar-refractivity contribution in [2.45, 2.75) is 25.8 Å². The fourth-order valence-corrected chi connectivity index (χ4v) is 3.38. The highest BCUT2D eigenvalue weighted by atomic mass is 79.9. The van der Waals surface area contributed by atoms with Crippen molar-refractivity contribution in [2.75, 3.05) is 30.3 Å². The van der Waals surface area contributed by atoms with Gasteiger partial charge in [-0.25, -0.2) is 9.97 Å². The van der Waals surface area contributed by atoms with Gasteiger partial charge in [0.05, 0.1) is 6.04 Å². The van der Waals surface area contributed by atoms with E-state index >= 15 is 0 Å². The summed E-state index contributed by atoms with van der Waals surface area (Å²) in [5.74, 6) is 2.52. The Morgan fingerprint density at radius 3 is 2.83 bits per heavy atom. The quantitative estimate of drug-likeness (QED) is 0.862. The van der Waals surface area contributed by atoms with Crippen LogP contribution in [0.25, 0.3) is 0 Å². The topological polar surface area (TPSA) is 67.1 Å². The highest BCUT2D eigenvalue weighted by Gasteiger charge is 2.24. The van der Waals surface area contributed by atoms with Gasteiger partial charge in [-0.1, -0.05) is 48.0 Å². The Balaban J connectivity index is 1.85. The van der Waals surface area contributed by atoms with Gasteiger partial charge in [0, 0.05) is 36.1 Å². The molecule has 23 heavy (non-hydrogen) atoms. The molecule has 0 unspecified atom stereocenters. The monoisotopic (exact) mass is 375 g/mol. The van der Waals surface area contributed by atoms with Gasteiger partial charge in [-0.05, 0) is 11.6 Å². The van der Waals surface area contributed by atoms with Crippen molar-refractivity contribution in [1.29, 1.82) is 0 Å². The Bertz CT molecular complexity index is 688. The summed E-state index contributed by atoms with van der Waals surface area (Å²) in [5, 5.41) is 3.58. The lowest BCUT2D eigenvalue weighted by Gasteiger charge is -2.35.